The van der Waals surface area contributed by atoms with Gasteiger partial charge in [-0.15, -0.1) is 24.0 Å². The molecule has 2 aromatic carbocycles. The van der Waals surface area contributed by atoms with E-state index in [1.165, 1.54) is 11.1 Å². The highest BCUT2D eigenvalue weighted by atomic mass is 127. The third-order valence-electron chi connectivity index (χ3n) is 4.51. The van der Waals surface area contributed by atoms with E-state index >= 15 is 0 Å². The van der Waals surface area contributed by atoms with Gasteiger partial charge in [-0.1, -0.05) is 30.3 Å². The fourth-order valence-electron chi connectivity index (χ4n) is 2.99. The third kappa shape index (κ3) is 6.49. The molecule has 0 amide bonds. The maximum Gasteiger partial charge on any atom is 0.193 e. The van der Waals surface area contributed by atoms with E-state index in [1.54, 1.807) is 14.2 Å². The Morgan fingerprint density at radius 1 is 1.10 bits per heavy atom. The number of nitrogens with zero attached hydrogens (tertiary/aromatic N) is 4. The quantitative estimate of drug-likeness (QED) is 0.302. The van der Waals surface area contributed by atoms with Crippen molar-refractivity contribution in [2.45, 2.75) is 13.0 Å². The fourth-order valence-corrected chi connectivity index (χ4v) is 2.99. The SMILES string of the molecule is CN=C(NCCc1cnn(-c2ccccc2)c1)N(C)Cc1ccc(OC)cc1.I. The Hall–Kier alpha value is -2.55. The topological polar surface area (TPSA) is 54.7 Å². The van der Waals surface area contributed by atoms with Crippen LogP contribution in [0.2, 0.25) is 0 Å². The number of rotatable bonds is 7. The van der Waals surface area contributed by atoms with Crippen molar-refractivity contribution in [3.63, 3.8) is 0 Å². The number of guanidine groups is 1. The smallest absolute Gasteiger partial charge is 0.193 e. The molecule has 7 heteroatoms. The largest absolute Gasteiger partial charge is 0.497 e. The molecule has 6 nitrogen and oxygen atoms in total. The molecule has 1 heterocycles. The van der Waals surface area contributed by atoms with Crippen LogP contribution in [0.4, 0.5) is 0 Å². The number of hydrogen-bond acceptors (Lipinski definition) is 3. The minimum absolute atomic E-state index is 0. The highest BCUT2D eigenvalue weighted by molar-refractivity contribution is 14.0. The number of ether oxygens (including phenoxy) is 1. The van der Waals surface area contributed by atoms with Crippen LogP contribution in [0.15, 0.2) is 72.0 Å². The van der Waals surface area contributed by atoms with E-state index in [0.717, 1.165) is 36.9 Å². The predicted molar refractivity (Wildman–Crippen MR) is 129 cm³/mol. The first-order chi connectivity index (χ1) is 13.7. The molecule has 0 radical (unpaired) electrons. The number of nitrogens with one attached hydrogen (secondary N) is 1. The lowest BCUT2D eigenvalue weighted by Crippen LogP contribution is -2.39. The number of halogens is 1. The van der Waals surface area contributed by atoms with E-state index in [0.29, 0.717) is 0 Å². The standard InChI is InChI=1S/C22H27N5O.HI/c1-23-22(26(2)16-18-9-11-21(28-3)12-10-18)24-14-13-19-15-25-27(17-19)20-7-5-4-6-8-20;/h4-12,15,17H,13-14,16H2,1-3H3,(H,23,24);1H. The Bertz CT molecular complexity index is 893. The van der Waals surface area contributed by atoms with Crippen LogP contribution >= 0.6 is 24.0 Å². The molecule has 3 rings (SSSR count). The van der Waals surface area contributed by atoms with E-state index in [2.05, 4.69) is 38.6 Å². The Morgan fingerprint density at radius 3 is 2.48 bits per heavy atom. The van der Waals surface area contributed by atoms with Crippen LogP contribution in [0.1, 0.15) is 11.1 Å². The van der Waals surface area contributed by atoms with Gasteiger partial charge >= 0.3 is 0 Å². The summed E-state index contributed by atoms with van der Waals surface area (Å²) in [6.45, 7) is 1.57. The molecule has 0 saturated heterocycles. The molecule has 0 bridgehead atoms. The van der Waals surface area contributed by atoms with E-state index in [1.807, 2.05) is 60.4 Å². The summed E-state index contributed by atoms with van der Waals surface area (Å²) in [4.78, 5) is 6.49. The van der Waals surface area contributed by atoms with Gasteiger partial charge in [-0.25, -0.2) is 4.68 Å². The summed E-state index contributed by atoms with van der Waals surface area (Å²) in [5.74, 6) is 1.73. The minimum atomic E-state index is 0. The van der Waals surface area contributed by atoms with Crippen LogP contribution in [0, 0.1) is 0 Å². The van der Waals surface area contributed by atoms with Crippen LogP contribution in [0.5, 0.6) is 5.75 Å². The van der Waals surface area contributed by atoms with E-state index < -0.39 is 0 Å². The molecule has 1 aromatic heterocycles. The molecular weight excluding hydrogens is 477 g/mol. The van der Waals surface area contributed by atoms with Gasteiger partial charge in [0.2, 0.25) is 0 Å². The molecule has 0 fully saturated rings. The first-order valence-electron chi connectivity index (χ1n) is 9.33. The van der Waals surface area contributed by atoms with E-state index in [-0.39, 0.29) is 24.0 Å². The van der Waals surface area contributed by atoms with Crippen LogP contribution in [-0.4, -0.2) is 48.4 Å². The summed E-state index contributed by atoms with van der Waals surface area (Å²) in [5, 5.41) is 7.87. The number of aromatic nitrogens is 2. The van der Waals surface area contributed by atoms with Crippen molar-refractivity contribution >= 4 is 29.9 Å². The van der Waals surface area contributed by atoms with Gasteiger partial charge in [0.25, 0.3) is 0 Å². The van der Waals surface area contributed by atoms with E-state index in [9.17, 15) is 0 Å². The molecule has 0 aliphatic carbocycles. The molecule has 3 aromatic rings. The van der Waals surface area contributed by atoms with Gasteiger partial charge in [-0.3, -0.25) is 4.99 Å². The van der Waals surface area contributed by atoms with Crippen molar-refractivity contribution in [3.8, 4) is 11.4 Å². The molecule has 0 aliphatic rings. The van der Waals surface area contributed by atoms with Gasteiger partial charge in [0.05, 0.1) is 19.0 Å². The molecule has 29 heavy (non-hydrogen) atoms. The lowest BCUT2D eigenvalue weighted by atomic mass is 10.2. The second-order valence-corrected chi connectivity index (χ2v) is 6.56. The van der Waals surface area contributed by atoms with Gasteiger partial charge in [-0.2, -0.15) is 5.10 Å². The zero-order chi connectivity index (χ0) is 19.8. The lowest BCUT2D eigenvalue weighted by molar-refractivity contribution is 0.414. The zero-order valence-electron chi connectivity index (χ0n) is 17.1. The van der Waals surface area contributed by atoms with Gasteiger partial charge in [-0.05, 0) is 41.8 Å². The normalized spacial score (nSPS) is 10.9. The van der Waals surface area contributed by atoms with E-state index in [4.69, 9.17) is 4.74 Å². The Balaban J connectivity index is 0.00000300. The van der Waals surface area contributed by atoms with Gasteiger partial charge in [0, 0.05) is 33.4 Å². The Kier molecular flexibility index (Phi) is 8.98. The van der Waals surface area contributed by atoms with Gasteiger partial charge in [0.1, 0.15) is 5.75 Å². The molecule has 0 atom stereocenters. The monoisotopic (exact) mass is 505 g/mol. The highest BCUT2D eigenvalue weighted by Gasteiger charge is 2.07. The summed E-state index contributed by atoms with van der Waals surface area (Å²) in [6.07, 6.45) is 4.86. The number of hydrogen-bond donors (Lipinski definition) is 1. The average Bonchev–Trinajstić information content (AvgIpc) is 3.21. The molecule has 0 aliphatic heterocycles. The Labute approximate surface area is 189 Å². The third-order valence-corrected chi connectivity index (χ3v) is 4.51. The molecule has 0 unspecified atom stereocenters. The lowest BCUT2D eigenvalue weighted by Gasteiger charge is -2.22. The fraction of sp³-hybridized carbons (Fsp3) is 0.273. The minimum Gasteiger partial charge on any atom is -0.497 e. The van der Waals surface area contributed by atoms with Crippen molar-refractivity contribution < 1.29 is 4.74 Å². The van der Waals surface area contributed by atoms with Crippen LogP contribution < -0.4 is 10.1 Å². The van der Waals surface area contributed by atoms with Crippen molar-refractivity contribution in [2.24, 2.45) is 4.99 Å². The summed E-state index contributed by atoms with van der Waals surface area (Å²) >= 11 is 0. The summed E-state index contributed by atoms with van der Waals surface area (Å²) < 4.78 is 7.11. The number of benzene rings is 2. The average molecular weight is 505 g/mol. The predicted octanol–water partition coefficient (Wildman–Crippen LogP) is 3.75. The summed E-state index contributed by atoms with van der Waals surface area (Å²) in [5.41, 5.74) is 3.46. The second kappa shape index (κ2) is 11.5. The first kappa shape index (κ1) is 22.7. The number of para-hydroxylation sites is 1. The molecular formula is C22H28IN5O. The summed E-state index contributed by atoms with van der Waals surface area (Å²) in [6, 6.07) is 18.2. The number of aliphatic imine (C=N–C) groups is 1. The van der Waals surface area contributed by atoms with Crippen LogP contribution in [0.3, 0.4) is 0 Å². The maximum absolute atomic E-state index is 5.21. The maximum atomic E-state index is 5.21. The van der Waals surface area contributed by atoms with Crippen LogP contribution in [0.25, 0.3) is 5.69 Å². The Morgan fingerprint density at radius 2 is 1.83 bits per heavy atom. The first-order valence-corrected chi connectivity index (χ1v) is 9.33. The number of methoxy groups -OCH3 is 1. The van der Waals surface area contributed by atoms with Crippen LogP contribution in [-0.2, 0) is 13.0 Å². The molecule has 1 N–H and O–H groups in total. The second-order valence-electron chi connectivity index (χ2n) is 6.56. The highest BCUT2D eigenvalue weighted by Crippen LogP contribution is 2.12. The van der Waals surface area contributed by atoms with Crippen molar-refractivity contribution in [1.29, 1.82) is 0 Å². The zero-order valence-corrected chi connectivity index (χ0v) is 19.4. The molecule has 154 valence electrons. The molecule has 0 spiro atoms. The van der Waals surface area contributed by atoms with Gasteiger partial charge in [0.15, 0.2) is 5.96 Å². The molecule has 0 saturated carbocycles. The van der Waals surface area contributed by atoms with Crippen molar-refractivity contribution in [2.75, 3.05) is 27.7 Å². The van der Waals surface area contributed by atoms with Gasteiger partial charge < -0.3 is 15.0 Å². The van der Waals surface area contributed by atoms with Crippen molar-refractivity contribution in [3.05, 3.63) is 78.1 Å². The van der Waals surface area contributed by atoms with Crippen molar-refractivity contribution in [1.82, 2.24) is 20.0 Å². The summed E-state index contributed by atoms with van der Waals surface area (Å²) in [7, 11) is 5.52.